The van der Waals surface area contributed by atoms with E-state index in [9.17, 15) is 9.59 Å². The Morgan fingerprint density at radius 3 is 1.25 bits per heavy atom. The van der Waals surface area contributed by atoms with E-state index in [2.05, 4.69) is 34.9 Å². The van der Waals surface area contributed by atoms with Gasteiger partial charge in [-0.15, -0.1) is 0 Å². The normalized spacial score (nSPS) is 10.9. The zero-order valence-electron chi connectivity index (χ0n) is 18.0. The number of aryl methyl sites for hydroxylation is 6. The number of likely N-dealkylation sites (N-methyl/N-ethyl adjacent to an activating group) is 1. The van der Waals surface area contributed by atoms with Crippen LogP contribution < -0.4 is 15.5 Å². The summed E-state index contributed by atoms with van der Waals surface area (Å²) >= 11 is 0. The second-order valence-corrected chi connectivity index (χ2v) is 7.95. The average molecular weight is 383 g/mol. The summed E-state index contributed by atoms with van der Waals surface area (Å²) in [5.74, 6) is -0.189. The van der Waals surface area contributed by atoms with Gasteiger partial charge in [0.2, 0.25) is 0 Å². The number of carbonyl (C=O) groups is 2. The molecular weight excluding hydrogens is 350 g/mol. The summed E-state index contributed by atoms with van der Waals surface area (Å²) < 4.78 is 0. The van der Waals surface area contributed by atoms with Crippen molar-refractivity contribution in [2.45, 2.75) is 41.5 Å². The molecule has 28 heavy (non-hydrogen) atoms. The molecule has 2 rings (SSSR count). The number of benzene rings is 2. The SMILES string of the molecule is Cc1cc(C)c(NC(=O)C[NH+](C)CC(=O)Nc2c(C)cc(C)cc2C)c(C)c1. The van der Waals surface area contributed by atoms with Gasteiger partial charge < -0.3 is 15.5 Å². The van der Waals surface area contributed by atoms with Gasteiger partial charge >= 0.3 is 0 Å². The summed E-state index contributed by atoms with van der Waals surface area (Å²) in [5.41, 5.74) is 8.26. The highest BCUT2D eigenvalue weighted by Gasteiger charge is 2.17. The molecule has 0 bridgehead atoms. The molecule has 5 nitrogen and oxygen atoms in total. The van der Waals surface area contributed by atoms with Crippen LogP contribution in [0.15, 0.2) is 24.3 Å². The third kappa shape index (κ3) is 5.67. The van der Waals surface area contributed by atoms with E-state index in [4.69, 9.17) is 0 Å². The second-order valence-electron chi connectivity index (χ2n) is 7.95. The van der Waals surface area contributed by atoms with Gasteiger partial charge in [0.15, 0.2) is 13.1 Å². The van der Waals surface area contributed by atoms with Crippen LogP contribution in [-0.4, -0.2) is 32.0 Å². The quantitative estimate of drug-likeness (QED) is 0.719. The maximum Gasteiger partial charge on any atom is 0.279 e. The molecule has 5 heteroatoms. The first-order valence-corrected chi connectivity index (χ1v) is 9.63. The van der Waals surface area contributed by atoms with Crippen molar-refractivity contribution >= 4 is 23.2 Å². The minimum Gasteiger partial charge on any atom is -0.322 e. The number of anilines is 2. The molecule has 150 valence electrons. The molecule has 0 heterocycles. The molecule has 2 amide bonds. The summed E-state index contributed by atoms with van der Waals surface area (Å²) in [6.07, 6.45) is 0. The topological polar surface area (TPSA) is 62.6 Å². The van der Waals surface area contributed by atoms with E-state index < -0.39 is 0 Å². The number of hydrogen-bond acceptors (Lipinski definition) is 2. The van der Waals surface area contributed by atoms with Crippen molar-refractivity contribution < 1.29 is 14.5 Å². The van der Waals surface area contributed by atoms with Crippen molar-refractivity contribution in [3.05, 3.63) is 57.6 Å². The van der Waals surface area contributed by atoms with Crippen molar-refractivity contribution in [3.63, 3.8) is 0 Å². The van der Waals surface area contributed by atoms with Crippen LogP contribution in [0.4, 0.5) is 11.4 Å². The Morgan fingerprint density at radius 2 is 0.964 bits per heavy atom. The van der Waals surface area contributed by atoms with Gasteiger partial charge in [-0.25, -0.2) is 0 Å². The van der Waals surface area contributed by atoms with Crippen LogP contribution in [0.2, 0.25) is 0 Å². The van der Waals surface area contributed by atoms with Crippen molar-refractivity contribution in [2.24, 2.45) is 0 Å². The molecule has 3 N–H and O–H groups in total. The van der Waals surface area contributed by atoms with Crippen molar-refractivity contribution in [1.82, 2.24) is 0 Å². The fourth-order valence-electron chi connectivity index (χ4n) is 3.73. The number of rotatable bonds is 6. The number of carbonyl (C=O) groups excluding carboxylic acids is 2. The zero-order chi connectivity index (χ0) is 21.0. The highest BCUT2D eigenvalue weighted by atomic mass is 16.2. The van der Waals surface area contributed by atoms with Crippen molar-refractivity contribution in [3.8, 4) is 0 Å². The van der Waals surface area contributed by atoms with Gasteiger partial charge in [0, 0.05) is 11.4 Å². The molecule has 0 atom stereocenters. The molecule has 0 aliphatic rings. The lowest BCUT2D eigenvalue weighted by molar-refractivity contribution is -0.862. The van der Waals surface area contributed by atoms with E-state index in [0.717, 1.165) is 38.5 Å². The largest absolute Gasteiger partial charge is 0.322 e. The van der Waals surface area contributed by atoms with Gasteiger partial charge in [0.1, 0.15) is 0 Å². The Hall–Kier alpha value is -2.66. The third-order valence-electron chi connectivity index (χ3n) is 4.81. The molecule has 0 fully saturated rings. The molecule has 2 aromatic rings. The number of hydrogen-bond donors (Lipinski definition) is 3. The fourth-order valence-corrected chi connectivity index (χ4v) is 3.73. The molecule has 0 unspecified atom stereocenters. The van der Waals surface area contributed by atoms with E-state index in [-0.39, 0.29) is 24.9 Å². The van der Waals surface area contributed by atoms with Crippen molar-refractivity contribution in [1.29, 1.82) is 0 Å². The Balaban J connectivity index is 1.94. The van der Waals surface area contributed by atoms with Gasteiger partial charge in [-0.1, -0.05) is 35.4 Å². The molecule has 0 saturated carbocycles. The summed E-state index contributed by atoms with van der Waals surface area (Å²) in [5, 5.41) is 5.99. The zero-order valence-corrected chi connectivity index (χ0v) is 18.0. The average Bonchev–Trinajstić information content (AvgIpc) is 2.54. The van der Waals surface area contributed by atoms with Crippen LogP contribution in [0.25, 0.3) is 0 Å². The van der Waals surface area contributed by atoms with E-state index in [0.29, 0.717) is 0 Å². The van der Waals surface area contributed by atoms with Crippen LogP contribution in [0.3, 0.4) is 0 Å². The highest BCUT2D eigenvalue weighted by Crippen LogP contribution is 2.22. The molecular formula is C23H32N3O2+. The maximum atomic E-state index is 12.4. The van der Waals surface area contributed by atoms with Crippen molar-refractivity contribution in [2.75, 3.05) is 30.8 Å². The molecule has 0 saturated heterocycles. The van der Waals surface area contributed by atoms with Gasteiger partial charge in [-0.3, -0.25) is 9.59 Å². The number of nitrogens with one attached hydrogen (secondary N) is 3. The Bertz CT molecular complexity index is 783. The predicted molar refractivity (Wildman–Crippen MR) is 115 cm³/mol. The summed E-state index contributed by atoms with van der Waals surface area (Å²) in [6, 6.07) is 8.22. The predicted octanol–water partition coefficient (Wildman–Crippen LogP) is 2.63. The van der Waals surface area contributed by atoms with Gasteiger partial charge in [0.25, 0.3) is 11.8 Å². The first kappa shape index (κ1) is 21.6. The molecule has 0 aliphatic carbocycles. The monoisotopic (exact) mass is 382 g/mol. The Morgan fingerprint density at radius 1 is 0.679 bits per heavy atom. The maximum absolute atomic E-state index is 12.4. The molecule has 0 spiro atoms. The van der Waals surface area contributed by atoms with Gasteiger partial charge in [-0.05, 0) is 63.8 Å². The lowest BCUT2D eigenvalue weighted by Crippen LogP contribution is -3.11. The number of quaternary nitrogens is 1. The number of amides is 2. The smallest absolute Gasteiger partial charge is 0.279 e. The molecule has 0 aromatic heterocycles. The van der Waals surface area contributed by atoms with Gasteiger partial charge in [-0.2, -0.15) is 0 Å². The third-order valence-corrected chi connectivity index (χ3v) is 4.81. The van der Waals surface area contributed by atoms with E-state index in [1.807, 2.05) is 48.6 Å². The molecule has 0 aliphatic heterocycles. The minimum atomic E-state index is -0.0944. The second kappa shape index (κ2) is 9.02. The van der Waals surface area contributed by atoms with Gasteiger partial charge in [0.05, 0.1) is 7.05 Å². The molecule has 2 aromatic carbocycles. The summed E-state index contributed by atoms with van der Waals surface area (Å²) in [4.78, 5) is 25.7. The summed E-state index contributed by atoms with van der Waals surface area (Å²) in [7, 11) is 1.85. The standard InChI is InChI=1S/C23H31N3O2/c1-14-8-16(3)22(17(4)9-14)24-20(27)12-26(7)13-21(28)25-23-18(5)10-15(2)11-19(23)6/h8-11H,12-13H2,1-7H3,(H,24,27)(H,25,28)/p+1. The van der Waals surface area contributed by atoms with E-state index in [1.165, 1.54) is 11.1 Å². The summed E-state index contributed by atoms with van der Waals surface area (Å²) in [6.45, 7) is 12.5. The lowest BCUT2D eigenvalue weighted by atomic mass is 10.1. The van der Waals surface area contributed by atoms with Crippen LogP contribution in [-0.2, 0) is 9.59 Å². The van der Waals surface area contributed by atoms with E-state index >= 15 is 0 Å². The lowest BCUT2D eigenvalue weighted by Gasteiger charge is -2.17. The molecule has 0 radical (unpaired) electrons. The highest BCUT2D eigenvalue weighted by molar-refractivity contribution is 5.94. The first-order valence-electron chi connectivity index (χ1n) is 9.63. The fraction of sp³-hybridized carbons (Fsp3) is 0.391. The van der Waals surface area contributed by atoms with E-state index in [1.54, 1.807) is 0 Å². The Kier molecular flexibility index (Phi) is 6.97. The van der Waals surface area contributed by atoms with Crippen LogP contribution >= 0.6 is 0 Å². The van der Waals surface area contributed by atoms with Crippen LogP contribution in [0.1, 0.15) is 33.4 Å². The minimum absolute atomic E-state index is 0.0944. The van der Waals surface area contributed by atoms with Crippen LogP contribution in [0.5, 0.6) is 0 Å². The van der Waals surface area contributed by atoms with Crippen LogP contribution in [0, 0.1) is 41.5 Å². The Labute approximate surface area is 168 Å². The first-order chi connectivity index (χ1) is 13.1.